The molecule has 0 fully saturated rings. The summed E-state index contributed by atoms with van der Waals surface area (Å²) in [5.41, 5.74) is -0.918. The first kappa shape index (κ1) is 21.4. The number of nitrogens with zero attached hydrogens (tertiary/aromatic N) is 3. The molecule has 3 rings (SSSR count). The van der Waals surface area contributed by atoms with Crippen LogP contribution in [0.4, 0.5) is 18.0 Å². The number of ether oxygens (including phenoxy) is 2. The highest BCUT2D eigenvalue weighted by Gasteiger charge is 2.30. The molecule has 1 aromatic heterocycles. The third-order valence-electron chi connectivity index (χ3n) is 4.07. The molecular weight excluding hydrogens is 399 g/mol. The van der Waals surface area contributed by atoms with Crippen molar-refractivity contribution < 1.29 is 27.4 Å². The second kappa shape index (κ2) is 9.43. The lowest BCUT2D eigenvalue weighted by Gasteiger charge is -2.18. The Bertz CT molecular complexity index is 1010. The van der Waals surface area contributed by atoms with Crippen molar-refractivity contribution in [3.05, 3.63) is 71.8 Å². The fraction of sp³-hybridized carbons (Fsp3) is 0.286. The Balaban J connectivity index is 1.83. The minimum atomic E-state index is -4.54. The second-order valence-corrected chi connectivity index (χ2v) is 6.43. The van der Waals surface area contributed by atoms with E-state index in [1.165, 1.54) is 18.3 Å². The van der Waals surface area contributed by atoms with Gasteiger partial charge in [-0.15, -0.1) is 0 Å². The van der Waals surface area contributed by atoms with E-state index in [9.17, 15) is 18.0 Å². The lowest BCUT2D eigenvalue weighted by atomic mass is 10.1. The normalized spacial score (nSPS) is 14.7. The van der Waals surface area contributed by atoms with Crippen LogP contribution in [0.25, 0.3) is 0 Å². The molecule has 0 spiro atoms. The summed E-state index contributed by atoms with van der Waals surface area (Å²) in [5, 5.41) is 4.47. The number of alkyl halides is 3. The van der Waals surface area contributed by atoms with Crippen molar-refractivity contribution in [1.29, 1.82) is 0 Å². The van der Waals surface area contributed by atoms with Gasteiger partial charge in [-0.1, -0.05) is 37.3 Å². The molecule has 158 valence electrons. The first-order valence-corrected chi connectivity index (χ1v) is 9.35. The highest BCUT2D eigenvalue weighted by Crippen LogP contribution is 2.31. The summed E-state index contributed by atoms with van der Waals surface area (Å²) in [6.45, 7) is 2.40. The third-order valence-corrected chi connectivity index (χ3v) is 4.07. The molecule has 0 N–H and O–H groups in total. The summed E-state index contributed by atoms with van der Waals surface area (Å²) in [4.78, 5) is 15.9. The number of amides is 1. The number of benzene rings is 1. The molecule has 0 atom stereocenters. The van der Waals surface area contributed by atoms with Gasteiger partial charge in [-0.2, -0.15) is 23.3 Å². The lowest BCUT2D eigenvalue weighted by molar-refractivity contribution is -0.137. The summed E-state index contributed by atoms with van der Waals surface area (Å²) in [6.07, 6.45) is 5.35. The maximum absolute atomic E-state index is 12.8. The zero-order valence-corrected chi connectivity index (χ0v) is 16.2. The lowest BCUT2D eigenvalue weighted by Crippen LogP contribution is -2.19. The Morgan fingerprint density at radius 2 is 2.03 bits per heavy atom. The van der Waals surface area contributed by atoms with E-state index in [0.29, 0.717) is 12.5 Å². The molecule has 9 heteroatoms. The predicted molar refractivity (Wildman–Crippen MR) is 103 cm³/mol. The molecule has 2 aromatic rings. The highest BCUT2D eigenvalue weighted by atomic mass is 19.4. The molecule has 0 aliphatic heterocycles. The summed E-state index contributed by atoms with van der Waals surface area (Å²) >= 11 is 0. The van der Waals surface area contributed by atoms with E-state index in [4.69, 9.17) is 9.47 Å². The Kier molecular flexibility index (Phi) is 6.71. The van der Waals surface area contributed by atoms with Crippen LogP contribution in [-0.4, -0.2) is 22.5 Å². The largest absolute Gasteiger partial charge is 0.478 e. The molecule has 0 bridgehead atoms. The van der Waals surface area contributed by atoms with Crippen LogP contribution in [0, 0.1) is 0 Å². The summed E-state index contributed by atoms with van der Waals surface area (Å²) < 4.78 is 50.7. The standard InChI is InChI=1S/C21H20F3N3O3/c1-2-11-29-19-13-16(14-25-27(19)17-8-4-3-5-9-17)26-20(28)30-18-10-6-7-15(12-18)21(22,23)24/h4-10,12-14,17H,2-3,11H2,1H3. The van der Waals surface area contributed by atoms with Crippen molar-refractivity contribution in [3.63, 3.8) is 0 Å². The topological polar surface area (TPSA) is 65.7 Å². The van der Waals surface area contributed by atoms with Crippen LogP contribution in [-0.2, 0) is 6.18 Å². The smallest absolute Gasteiger partial charge is 0.439 e. The van der Waals surface area contributed by atoms with Gasteiger partial charge in [0.05, 0.1) is 29.8 Å². The minimum absolute atomic E-state index is 0.128. The molecular formula is C21H20F3N3O3. The zero-order chi connectivity index (χ0) is 21.6. The number of allylic oxidation sites excluding steroid dienone is 4. The van der Waals surface area contributed by atoms with Crippen molar-refractivity contribution in [2.45, 2.75) is 32.0 Å². The number of carbonyl (C=O) groups excluding carboxylic acids is 1. The maximum Gasteiger partial charge on any atom is 0.439 e. The number of aromatic nitrogens is 2. The SMILES string of the molecule is CCCOc1cc(=NC(=O)Oc2cccc(C(F)(F)F)c2)cnn1C1C=CCC=C1. The van der Waals surface area contributed by atoms with E-state index in [1.807, 2.05) is 31.2 Å². The average Bonchev–Trinajstić information content (AvgIpc) is 2.72. The fourth-order valence-corrected chi connectivity index (χ4v) is 2.71. The Hall–Kier alpha value is -3.36. The minimum Gasteiger partial charge on any atom is -0.478 e. The number of hydrogen-bond donors (Lipinski definition) is 0. The van der Waals surface area contributed by atoms with Gasteiger partial charge in [0.25, 0.3) is 0 Å². The molecule has 1 aliphatic rings. The van der Waals surface area contributed by atoms with Gasteiger partial charge in [0.1, 0.15) is 5.75 Å². The van der Waals surface area contributed by atoms with E-state index >= 15 is 0 Å². The molecule has 0 saturated heterocycles. The summed E-state index contributed by atoms with van der Waals surface area (Å²) in [7, 11) is 0. The van der Waals surface area contributed by atoms with Crippen molar-refractivity contribution in [3.8, 4) is 11.6 Å². The molecule has 1 heterocycles. The molecule has 30 heavy (non-hydrogen) atoms. The third kappa shape index (κ3) is 5.59. The number of carbonyl (C=O) groups is 1. The van der Waals surface area contributed by atoms with Crippen LogP contribution in [0.3, 0.4) is 0 Å². The molecule has 1 amide bonds. The van der Waals surface area contributed by atoms with E-state index in [1.54, 1.807) is 4.68 Å². The van der Waals surface area contributed by atoms with Crippen LogP contribution < -0.4 is 14.8 Å². The molecule has 1 aliphatic carbocycles. The van der Waals surface area contributed by atoms with Gasteiger partial charge in [0, 0.05) is 6.07 Å². The van der Waals surface area contributed by atoms with Gasteiger partial charge in [-0.25, -0.2) is 9.48 Å². The first-order chi connectivity index (χ1) is 14.4. The van der Waals surface area contributed by atoms with Gasteiger partial charge in [-0.05, 0) is 31.0 Å². The monoisotopic (exact) mass is 419 g/mol. The number of halogens is 3. The van der Waals surface area contributed by atoms with Gasteiger partial charge < -0.3 is 9.47 Å². The average molecular weight is 419 g/mol. The van der Waals surface area contributed by atoms with Crippen LogP contribution in [0.15, 0.2) is 65.8 Å². The zero-order valence-electron chi connectivity index (χ0n) is 16.2. The summed E-state index contributed by atoms with van der Waals surface area (Å²) in [5.74, 6) is 0.156. The van der Waals surface area contributed by atoms with Gasteiger partial charge >= 0.3 is 12.3 Å². The second-order valence-electron chi connectivity index (χ2n) is 6.43. The van der Waals surface area contributed by atoms with E-state index in [2.05, 4.69) is 10.1 Å². The van der Waals surface area contributed by atoms with Crippen LogP contribution >= 0.6 is 0 Å². The first-order valence-electron chi connectivity index (χ1n) is 9.35. The van der Waals surface area contributed by atoms with Crippen LogP contribution in [0.1, 0.15) is 31.4 Å². The van der Waals surface area contributed by atoms with Crippen molar-refractivity contribution in [2.24, 2.45) is 4.99 Å². The van der Waals surface area contributed by atoms with Gasteiger partial charge in [0.15, 0.2) is 0 Å². The quantitative estimate of drug-likeness (QED) is 0.650. The Morgan fingerprint density at radius 1 is 1.27 bits per heavy atom. The summed E-state index contributed by atoms with van der Waals surface area (Å²) in [6, 6.07) is 5.43. The van der Waals surface area contributed by atoms with Crippen LogP contribution in [0.5, 0.6) is 11.6 Å². The van der Waals surface area contributed by atoms with Crippen molar-refractivity contribution in [2.75, 3.05) is 6.61 Å². The van der Waals surface area contributed by atoms with E-state index < -0.39 is 17.8 Å². The van der Waals surface area contributed by atoms with E-state index in [-0.39, 0.29) is 17.1 Å². The molecule has 0 unspecified atom stereocenters. The fourth-order valence-electron chi connectivity index (χ4n) is 2.71. The van der Waals surface area contributed by atoms with Gasteiger partial charge in [0.2, 0.25) is 5.88 Å². The van der Waals surface area contributed by atoms with Gasteiger partial charge in [-0.3, -0.25) is 0 Å². The molecule has 0 radical (unpaired) electrons. The Morgan fingerprint density at radius 3 is 2.73 bits per heavy atom. The van der Waals surface area contributed by atoms with Crippen LogP contribution in [0.2, 0.25) is 0 Å². The van der Waals surface area contributed by atoms with Crippen molar-refractivity contribution in [1.82, 2.24) is 9.78 Å². The Labute approximate surface area is 171 Å². The van der Waals surface area contributed by atoms with E-state index in [0.717, 1.165) is 31.0 Å². The number of hydrogen-bond acceptors (Lipinski definition) is 4. The molecule has 1 aromatic carbocycles. The highest BCUT2D eigenvalue weighted by molar-refractivity contribution is 5.71. The molecule has 0 saturated carbocycles. The predicted octanol–water partition coefficient (Wildman–Crippen LogP) is 4.85. The number of rotatable bonds is 5. The van der Waals surface area contributed by atoms with Crippen molar-refractivity contribution >= 4 is 6.09 Å². The molecule has 6 nitrogen and oxygen atoms in total. The maximum atomic E-state index is 12.8.